The molecule has 0 aromatic carbocycles. The van der Waals surface area contributed by atoms with Crippen molar-refractivity contribution in [3.8, 4) is 0 Å². The van der Waals surface area contributed by atoms with Crippen LogP contribution < -0.4 is 0 Å². The Kier molecular flexibility index (Phi) is 3.18. The highest BCUT2D eigenvalue weighted by molar-refractivity contribution is 7.89. The van der Waals surface area contributed by atoms with Gasteiger partial charge in [-0.1, -0.05) is 0 Å². The van der Waals surface area contributed by atoms with Gasteiger partial charge in [0.25, 0.3) is 0 Å². The third kappa shape index (κ3) is 2.16. The summed E-state index contributed by atoms with van der Waals surface area (Å²) in [6, 6.07) is 3.51. The second-order valence-corrected chi connectivity index (χ2v) is 6.96. The lowest BCUT2D eigenvalue weighted by molar-refractivity contribution is 0.334. The van der Waals surface area contributed by atoms with E-state index in [0.717, 1.165) is 18.6 Å². The first kappa shape index (κ1) is 13.4. The summed E-state index contributed by atoms with van der Waals surface area (Å²) in [4.78, 5) is 0.232. The van der Waals surface area contributed by atoms with Gasteiger partial charge < -0.3 is 4.42 Å². The molecule has 2 aromatic rings. The Hall–Kier alpha value is -1.60. The van der Waals surface area contributed by atoms with Crippen LogP contribution in [0.3, 0.4) is 0 Å². The average Bonchev–Trinajstić information content (AvgIpc) is 3.07. The first-order valence-corrected chi connectivity index (χ1v) is 7.99. The van der Waals surface area contributed by atoms with Gasteiger partial charge in [0.15, 0.2) is 0 Å². The maximum atomic E-state index is 12.7. The summed E-state index contributed by atoms with van der Waals surface area (Å²) in [5.41, 5.74) is 0. The number of hydrogen-bond donors (Lipinski definition) is 0. The molecule has 20 heavy (non-hydrogen) atoms. The molecule has 3 rings (SSSR count). The van der Waals surface area contributed by atoms with Gasteiger partial charge in [0.05, 0.1) is 12.2 Å². The highest BCUT2D eigenvalue weighted by atomic mass is 32.2. The minimum absolute atomic E-state index is 0.214. The Morgan fingerprint density at radius 2 is 2.20 bits per heavy atom. The zero-order chi connectivity index (χ0) is 14.3. The molecule has 0 radical (unpaired) electrons. The second kappa shape index (κ2) is 4.75. The van der Waals surface area contributed by atoms with Gasteiger partial charge in [-0.15, -0.1) is 0 Å². The van der Waals surface area contributed by atoms with E-state index < -0.39 is 10.0 Å². The van der Waals surface area contributed by atoms with E-state index >= 15 is 0 Å². The quantitative estimate of drug-likeness (QED) is 0.866. The molecule has 108 valence electrons. The van der Waals surface area contributed by atoms with Crippen molar-refractivity contribution in [2.75, 3.05) is 6.54 Å². The molecular weight excluding hydrogens is 278 g/mol. The monoisotopic (exact) mass is 295 g/mol. The Morgan fingerprint density at radius 3 is 2.80 bits per heavy atom. The van der Waals surface area contributed by atoms with Crippen molar-refractivity contribution in [2.24, 2.45) is 7.05 Å². The number of hydrogen-bond acceptors (Lipinski definition) is 4. The smallest absolute Gasteiger partial charge is 0.246 e. The van der Waals surface area contributed by atoms with Crippen LogP contribution in [0.25, 0.3) is 0 Å². The van der Waals surface area contributed by atoms with Gasteiger partial charge in [0.2, 0.25) is 10.0 Å². The number of aryl methyl sites for hydroxylation is 2. The molecule has 0 N–H and O–H groups in total. The predicted octanol–water partition coefficient (Wildman–Crippen LogP) is 1.85. The fraction of sp³-hybridized carbons (Fsp3) is 0.462. The summed E-state index contributed by atoms with van der Waals surface area (Å²) >= 11 is 0. The highest BCUT2D eigenvalue weighted by Crippen LogP contribution is 2.36. The minimum Gasteiger partial charge on any atom is -0.465 e. The van der Waals surface area contributed by atoms with Crippen LogP contribution in [0.1, 0.15) is 30.4 Å². The lowest BCUT2D eigenvalue weighted by atomic mass is 10.2. The molecule has 0 unspecified atom stereocenters. The summed E-state index contributed by atoms with van der Waals surface area (Å²) < 4.78 is 34.0. The molecule has 0 aliphatic carbocycles. The Morgan fingerprint density at radius 1 is 1.40 bits per heavy atom. The molecule has 6 nitrogen and oxygen atoms in total. The molecule has 7 heteroatoms. The molecular formula is C13H17N3O3S. The summed E-state index contributed by atoms with van der Waals surface area (Å²) in [7, 11) is -1.81. The lowest BCUT2D eigenvalue weighted by Crippen LogP contribution is -2.30. The molecule has 1 aliphatic rings. The van der Waals surface area contributed by atoms with Crippen molar-refractivity contribution in [3.05, 3.63) is 36.0 Å². The molecule has 1 saturated heterocycles. The van der Waals surface area contributed by atoms with Gasteiger partial charge in [-0.2, -0.15) is 9.40 Å². The van der Waals surface area contributed by atoms with Crippen LogP contribution in [0, 0.1) is 6.92 Å². The summed E-state index contributed by atoms with van der Waals surface area (Å²) in [6.07, 6.45) is 4.53. The van der Waals surface area contributed by atoms with Crippen molar-refractivity contribution < 1.29 is 12.8 Å². The maximum Gasteiger partial charge on any atom is 0.246 e. The zero-order valence-electron chi connectivity index (χ0n) is 11.5. The summed E-state index contributed by atoms with van der Waals surface area (Å²) in [5.74, 6) is 1.51. The van der Waals surface area contributed by atoms with Gasteiger partial charge in [0, 0.05) is 19.8 Å². The zero-order valence-corrected chi connectivity index (χ0v) is 12.3. The van der Waals surface area contributed by atoms with Crippen molar-refractivity contribution in [2.45, 2.75) is 30.7 Å². The Labute approximate surface area is 118 Å². The fourth-order valence-electron chi connectivity index (χ4n) is 2.61. The third-order valence-electron chi connectivity index (χ3n) is 3.58. The van der Waals surface area contributed by atoms with Crippen LogP contribution in [0.15, 0.2) is 33.8 Å². The van der Waals surface area contributed by atoms with Crippen LogP contribution in [0.5, 0.6) is 0 Å². The Balaban J connectivity index is 1.96. The molecule has 3 heterocycles. The lowest BCUT2D eigenvalue weighted by Gasteiger charge is -2.21. The van der Waals surface area contributed by atoms with Crippen LogP contribution in [0.2, 0.25) is 0 Å². The standard InChI is InChI=1S/C13H17N3O3S/c1-10-5-6-13(19-10)12-4-3-7-16(12)20(17,18)11-8-14-15(2)9-11/h5-6,8-9,12H,3-4,7H2,1-2H3/t12-/m1/s1. The van der Waals surface area contributed by atoms with E-state index in [4.69, 9.17) is 4.42 Å². The maximum absolute atomic E-state index is 12.7. The third-order valence-corrected chi connectivity index (χ3v) is 5.44. The predicted molar refractivity (Wildman–Crippen MR) is 72.5 cm³/mol. The molecule has 0 spiro atoms. The van der Waals surface area contributed by atoms with Crippen LogP contribution >= 0.6 is 0 Å². The summed E-state index contributed by atoms with van der Waals surface area (Å²) in [6.45, 7) is 2.38. The molecule has 0 amide bonds. The van der Waals surface area contributed by atoms with Crippen LogP contribution in [-0.4, -0.2) is 29.0 Å². The number of rotatable bonds is 3. The van der Waals surface area contributed by atoms with Crippen LogP contribution in [-0.2, 0) is 17.1 Å². The highest BCUT2D eigenvalue weighted by Gasteiger charge is 2.38. The average molecular weight is 295 g/mol. The number of furan rings is 1. The molecule has 1 fully saturated rings. The van der Waals surface area contributed by atoms with Crippen molar-refractivity contribution in [1.29, 1.82) is 0 Å². The van der Waals surface area contributed by atoms with E-state index in [9.17, 15) is 8.42 Å². The van der Waals surface area contributed by atoms with E-state index in [0.29, 0.717) is 12.3 Å². The first-order valence-electron chi connectivity index (χ1n) is 6.55. The molecule has 2 aromatic heterocycles. The summed E-state index contributed by atoms with van der Waals surface area (Å²) in [5, 5.41) is 3.94. The van der Waals surface area contributed by atoms with E-state index in [1.165, 1.54) is 21.4 Å². The number of aromatic nitrogens is 2. The number of nitrogens with zero attached hydrogens (tertiary/aromatic N) is 3. The number of sulfonamides is 1. The molecule has 0 saturated carbocycles. The topological polar surface area (TPSA) is 68.3 Å². The van der Waals surface area contributed by atoms with Crippen molar-refractivity contribution >= 4 is 10.0 Å². The van der Waals surface area contributed by atoms with Gasteiger partial charge in [-0.05, 0) is 31.9 Å². The first-order chi connectivity index (χ1) is 9.48. The van der Waals surface area contributed by atoms with Crippen molar-refractivity contribution in [3.63, 3.8) is 0 Å². The van der Waals surface area contributed by atoms with Gasteiger partial charge in [0.1, 0.15) is 16.4 Å². The minimum atomic E-state index is -3.52. The Bertz CT molecular complexity index is 717. The van der Waals surface area contributed by atoms with E-state index in [2.05, 4.69) is 5.10 Å². The molecule has 1 aliphatic heterocycles. The normalized spacial score (nSPS) is 20.6. The van der Waals surface area contributed by atoms with E-state index in [1.807, 2.05) is 19.1 Å². The molecule has 0 bridgehead atoms. The molecule has 1 atom stereocenters. The SMILES string of the molecule is Cc1ccc([C@H]2CCCN2S(=O)(=O)c2cnn(C)c2)o1. The van der Waals surface area contributed by atoms with Gasteiger partial charge in [-0.25, -0.2) is 8.42 Å². The van der Waals surface area contributed by atoms with E-state index in [-0.39, 0.29) is 10.9 Å². The van der Waals surface area contributed by atoms with E-state index in [1.54, 1.807) is 7.05 Å². The largest absolute Gasteiger partial charge is 0.465 e. The van der Waals surface area contributed by atoms with Crippen molar-refractivity contribution in [1.82, 2.24) is 14.1 Å². The van der Waals surface area contributed by atoms with Gasteiger partial charge in [-0.3, -0.25) is 4.68 Å². The second-order valence-electron chi connectivity index (χ2n) is 5.07. The fourth-order valence-corrected chi connectivity index (χ4v) is 4.26. The van der Waals surface area contributed by atoms with Gasteiger partial charge >= 0.3 is 0 Å². The van der Waals surface area contributed by atoms with Crippen LogP contribution in [0.4, 0.5) is 0 Å².